The fourth-order valence-electron chi connectivity index (χ4n) is 0.288. The Morgan fingerprint density at radius 3 is 2.31 bits per heavy atom. The second kappa shape index (κ2) is 5.79. The van der Waals surface area contributed by atoms with Gasteiger partial charge in [-0.1, -0.05) is 0 Å². The van der Waals surface area contributed by atoms with E-state index in [1.54, 1.807) is 0 Å². The molecule has 13 heavy (non-hydrogen) atoms. The van der Waals surface area contributed by atoms with Crippen LogP contribution in [0, 0.1) is 0 Å². The number of aliphatic hydroxyl groups is 1. The van der Waals surface area contributed by atoms with Crippen LogP contribution >= 0.6 is 12.6 Å². The minimum atomic E-state index is -1.35. The van der Waals surface area contributed by atoms with Gasteiger partial charge in [-0.25, -0.2) is 19.4 Å². The van der Waals surface area contributed by atoms with Crippen molar-refractivity contribution in [2.24, 2.45) is 5.73 Å². The van der Waals surface area contributed by atoms with Gasteiger partial charge in [0.15, 0.2) is 6.10 Å². The lowest BCUT2D eigenvalue weighted by molar-refractivity contribution is -0.264. The molecule has 0 aliphatic heterocycles. The molecule has 0 bridgehead atoms. The maximum atomic E-state index is 10.7. The van der Waals surface area contributed by atoms with E-state index in [1.165, 1.54) is 6.92 Å². The molecule has 3 N–H and O–H groups in total. The molecule has 0 spiro atoms. The van der Waals surface area contributed by atoms with Crippen molar-refractivity contribution in [1.29, 1.82) is 0 Å². The monoisotopic (exact) mass is 209 g/mol. The zero-order chi connectivity index (χ0) is 10.4. The second-order valence-electron chi connectivity index (χ2n) is 2.27. The normalized spacial score (nSPS) is 14.5. The Morgan fingerprint density at radius 1 is 1.46 bits per heavy atom. The van der Waals surface area contributed by atoms with E-state index in [0.29, 0.717) is 0 Å². The minimum Gasteiger partial charge on any atom is -0.382 e. The highest BCUT2D eigenvalue weighted by molar-refractivity contribution is 7.80. The van der Waals surface area contributed by atoms with Crippen LogP contribution in [-0.2, 0) is 19.4 Å². The summed E-state index contributed by atoms with van der Waals surface area (Å²) in [5.41, 5.74) is 5.17. The summed E-state index contributed by atoms with van der Waals surface area (Å²) in [6.45, 7) is 1.18. The molecule has 0 fully saturated rings. The summed E-state index contributed by atoms with van der Waals surface area (Å²) in [4.78, 5) is 29.2. The molecule has 0 saturated heterocycles. The summed E-state index contributed by atoms with van der Waals surface area (Å²) in [7, 11) is 0. The third kappa shape index (κ3) is 4.71. The van der Waals surface area contributed by atoms with Gasteiger partial charge in [-0.3, -0.25) is 0 Å². The van der Waals surface area contributed by atoms with Gasteiger partial charge in [-0.05, 0) is 6.92 Å². The Labute approximate surface area is 80.3 Å². The Bertz CT molecular complexity index is 195. The summed E-state index contributed by atoms with van der Waals surface area (Å²) in [5.74, 6) is -1.89. The number of hydrogen-bond acceptors (Lipinski definition) is 7. The van der Waals surface area contributed by atoms with Crippen molar-refractivity contribution in [3.63, 3.8) is 0 Å². The van der Waals surface area contributed by atoms with Gasteiger partial charge < -0.3 is 10.8 Å². The van der Waals surface area contributed by atoms with Crippen molar-refractivity contribution in [1.82, 2.24) is 0 Å². The molecular formula is C6H11NO5S. The lowest BCUT2D eigenvalue weighted by atomic mass is 10.4. The van der Waals surface area contributed by atoms with Crippen LogP contribution in [-0.4, -0.2) is 34.9 Å². The zero-order valence-electron chi connectivity index (χ0n) is 6.97. The number of nitrogens with two attached hydrogens (primary N) is 1. The Balaban J connectivity index is 3.77. The van der Waals surface area contributed by atoms with E-state index in [-0.39, 0.29) is 5.75 Å². The molecule has 7 heteroatoms. The maximum Gasteiger partial charge on any atom is 0.383 e. The quantitative estimate of drug-likeness (QED) is 0.301. The number of rotatable bonds is 3. The van der Waals surface area contributed by atoms with E-state index in [0.717, 1.165) is 0 Å². The van der Waals surface area contributed by atoms with E-state index in [1.807, 2.05) is 0 Å². The summed E-state index contributed by atoms with van der Waals surface area (Å²) in [6, 6.07) is -0.954. The molecule has 0 heterocycles. The molecule has 76 valence electrons. The Morgan fingerprint density at radius 2 is 1.92 bits per heavy atom. The second-order valence-corrected chi connectivity index (χ2v) is 2.63. The van der Waals surface area contributed by atoms with E-state index >= 15 is 0 Å². The van der Waals surface area contributed by atoms with Crippen molar-refractivity contribution < 1.29 is 24.5 Å². The molecule has 0 saturated carbocycles. The first-order valence-electron chi connectivity index (χ1n) is 3.45. The molecule has 6 nitrogen and oxygen atoms in total. The summed E-state index contributed by atoms with van der Waals surface area (Å²) in [6.07, 6.45) is -1.35. The molecule has 0 aromatic rings. The predicted octanol–water partition coefficient (Wildman–Crippen LogP) is -1.37. The molecule has 2 atom stereocenters. The highest BCUT2D eigenvalue weighted by atomic mass is 32.1. The molecule has 0 aliphatic carbocycles. The van der Waals surface area contributed by atoms with E-state index in [4.69, 9.17) is 10.8 Å². The SMILES string of the molecule is CC(O)C(=O)OOC(=O)C(N)CS. The first kappa shape index (κ1) is 12.2. The van der Waals surface area contributed by atoms with Crippen LogP contribution in [0.2, 0.25) is 0 Å². The summed E-state index contributed by atoms with van der Waals surface area (Å²) in [5, 5.41) is 8.62. The van der Waals surface area contributed by atoms with Gasteiger partial charge in [0.25, 0.3) is 0 Å². The number of thiol groups is 1. The maximum absolute atomic E-state index is 10.7. The Hall–Kier alpha value is -0.790. The fraction of sp³-hybridized carbons (Fsp3) is 0.667. The minimum absolute atomic E-state index is 0.0745. The van der Waals surface area contributed by atoms with Crippen molar-refractivity contribution in [2.75, 3.05) is 5.75 Å². The number of carbonyl (C=O) groups is 2. The molecule has 0 rings (SSSR count). The van der Waals surface area contributed by atoms with Crippen molar-refractivity contribution >= 4 is 24.6 Å². The number of carbonyl (C=O) groups excluding carboxylic acids is 2. The predicted molar refractivity (Wildman–Crippen MR) is 45.7 cm³/mol. The van der Waals surface area contributed by atoms with Gasteiger partial charge in [0.2, 0.25) is 0 Å². The molecule has 0 amide bonds. The van der Waals surface area contributed by atoms with E-state index in [9.17, 15) is 9.59 Å². The summed E-state index contributed by atoms with van der Waals surface area (Å²) < 4.78 is 0. The molecular weight excluding hydrogens is 198 g/mol. The molecule has 2 unspecified atom stereocenters. The van der Waals surface area contributed by atoms with Crippen LogP contribution in [0.1, 0.15) is 6.92 Å². The van der Waals surface area contributed by atoms with Crippen LogP contribution in [0.3, 0.4) is 0 Å². The third-order valence-electron chi connectivity index (χ3n) is 1.05. The average molecular weight is 209 g/mol. The summed E-state index contributed by atoms with van der Waals surface area (Å²) >= 11 is 3.72. The van der Waals surface area contributed by atoms with E-state index in [2.05, 4.69) is 22.4 Å². The van der Waals surface area contributed by atoms with Crippen molar-refractivity contribution in [3.05, 3.63) is 0 Å². The van der Waals surface area contributed by atoms with Crippen LogP contribution in [0.4, 0.5) is 0 Å². The lowest BCUT2D eigenvalue weighted by Crippen LogP contribution is -2.35. The van der Waals surface area contributed by atoms with Crippen LogP contribution in [0.25, 0.3) is 0 Å². The molecule has 0 radical (unpaired) electrons. The smallest absolute Gasteiger partial charge is 0.382 e. The van der Waals surface area contributed by atoms with Crippen LogP contribution in [0.5, 0.6) is 0 Å². The van der Waals surface area contributed by atoms with Gasteiger partial charge in [0, 0.05) is 5.75 Å². The number of hydrogen-bond donors (Lipinski definition) is 3. The topological polar surface area (TPSA) is 98.9 Å². The fourth-order valence-corrected chi connectivity index (χ4v) is 0.437. The van der Waals surface area contributed by atoms with Crippen LogP contribution < -0.4 is 5.73 Å². The highest BCUT2D eigenvalue weighted by Gasteiger charge is 2.18. The first-order chi connectivity index (χ1) is 5.99. The third-order valence-corrected chi connectivity index (χ3v) is 1.44. The standard InChI is InChI=1S/C6H11NO5S/c1-3(8)5(9)11-12-6(10)4(7)2-13/h3-4,8,13H,2,7H2,1H3. The average Bonchev–Trinajstić information content (AvgIpc) is 2.11. The number of aliphatic hydroxyl groups excluding tert-OH is 1. The van der Waals surface area contributed by atoms with Gasteiger partial charge in [0.1, 0.15) is 6.04 Å². The van der Waals surface area contributed by atoms with Gasteiger partial charge >= 0.3 is 11.9 Å². The molecule has 0 aromatic heterocycles. The van der Waals surface area contributed by atoms with Gasteiger partial charge in [-0.15, -0.1) is 0 Å². The van der Waals surface area contributed by atoms with Crippen molar-refractivity contribution in [3.8, 4) is 0 Å². The Kier molecular flexibility index (Phi) is 5.44. The van der Waals surface area contributed by atoms with Crippen molar-refractivity contribution in [2.45, 2.75) is 19.1 Å². The van der Waals surface area contributed by atoms with E-state index < -0.39 is 24.1 Å². The van der Waals surface area contributed by atoms with Gasteiger partial charge in [0.05, 0.1) is 0 Å². The van der Waals surface area contributed by atoms with Gasteiger partial charge in [-0.2, -0.15) is 12.6 Å². The zero-order valence-corrected chi connectivity index (χ0v) is 7.86. The molecule has 0 aromatic carbocycles. The highest BCUT2D eigenvalue weighted by Crippen LogP contribution is 1.93. The first-order valence-corrected chi connectivity index (χ1v) is 4.09. The lowest BCUT2D eigenvalue weighted by Gasteiger charge is -2.07. The largest absolute Gasteiger partial charge is 0.383 e. The molecule has 0 aliphatic rings. The van der Waals surface area contributed by atoms with Crippen LogP contribution in [0.15, 0.2) is 0 Å².